The van der Waals surface area contributed by atoms with E-state index in [9.17, 15) is 4.79 Å². The maximum Gasteiger partial charge on any atom is 0.264 e. The number of rotatable bonds is 2. The van der Waals surface area contributed by atoms with Crippen LogP contribution in [0.4, 0.5) is 10.8 Å². The second-order valence-electron chi connectivity index (χ2n) is 5.27. The van der Waals surface area contributed by atoms with Gasteiger partial charge in [-0.1, -0.05) is 35.9 Å². The van der Waals surface area contributed by atoms with Crippen LogP contribution in [0, 0.1) is 6.92 Å². The minimum Gasteiger partial charge on any atom is -0.268 e. The van der Waals surface area contributed by atoms with Gasteiger partial charge in [-0.05, 0) is 25.1 Å². The topological polar surface area (TPSA) is 45.6 Å². The maximum absolute atomic E-state index is 12.8. The molecule has 3 aromatic rings. The normalized spacial score (nSPS) is 15.3. The van der Waals surface area contributed by atoms with Crippen LogP contribution in [0.3, 0.4) is 0 Å². The van der Waals surface area contributed by atoms with Gasteiger partial charge < -0.3 is 0 Å². The summed E-state index contributed by atoms with van der Waals surface area (Å²) >= 11 is 1.45. The van der Waals surface area contributed by atoms with E-state index < -0.39 is 0 Å². The molecule has 0 spiro atoms. The van der Waals surface area contributed by atoms with Crippen molar-refractivity contribution in [1.29, 1.82) is 0 Å². The Morgan fingerprint density at radius 1 is 1.04 bits per heavy atom. The summed E-state index contributed by atoms with van der Waals surface area (Å²) in [5.74, 6) is 0.573. The molecule has 4 rings (SSSR count). The first-order chi connectivity index (χ1) is 11.2. The summed E-state index contributed by atoms with van der Waals surface area (Å²) in [5, 5.41) is 2.51. The molecule has 0 radical (unpaired) electrons. The third-order valence-corrected chi connectivity index (χ3v) is 4.39. The second kappa shape index (κ2) is 5.44. The first kappa shape index (κ1) is 13.8. The number of benzene rings is 2. The van der Waals surface area contributed by atoms with Gasteiger partial charge in [0, 0.05) is 17.1 Å². The molecule has 112 valence electrons. The Hall–Kier alpha value is -2.79. The zero-order valence-corrected chi connectivity index (χ0v) is 13.2. The number of anilines is 1. The summed E-state index contributed by atoms with van der Waals surface area (Å²) in [6.45, 7) is 2.02. The number of carbonyl (C=O) groups excluding carboxylic acids is 1. The van der Waals surface area contributed by atoms with E-state index in [0.29, 0.717) is 16.5 Å². The molecule has 1 aliphatic heterocycles. The Bertz CT molecular complexity index is 898. The predicted octanol–water partition coefficient (Wildman–Crippen LogP) is 4.19. The molecule has 0 atom stereocenters. The van der Waals surface area contributed by atoms with Gasteiger partial charge in [0.2, 0.25) is 5.13 Å². The lowest BCUT2D eigenvalue weighted by Gasteiger charge is -2.17. The highest BCUT2D eigenvalue weighted by Crippen LogP contribution is 2.31. The predicted molar refractivity (Wildman–Crippen MR) is 92.7 cm³/mol. The fourth-order valence-corrected chi connectivity index (χ4v) is 3.11. The van der Waals surface area contributed by atoms with Crippen molar-refractivity contribution in [2.24, 2.45) is 4.99 Å². The highest BCUT2D eigenvalue weighted by Gasteiger charge is 2.34. The standard InChI is InChI=1S/C18H13N3OS/c1-12-6-8-13(9-7-12)21-16(20-18-19-10-11-23-18)14-4-2-3-5-15(14)17(21)22/h2-11H,1H3. The molecule has 1 aromatic heterocycles. The monoisotopic (exact) mass is 319 g/mol. The molecule has 0 bridgehead atoms. The van der Waals surface area contributed by atoms with E-state index in [0.717, 1.165) is 16.8 Å². The van der Waals surface area contributed by atoms with Crippen LogP contribution in [0.2, 0.25) is 0 Å². The Labute approximate surface area is 137 Å². The smallest absolute Gasteiger partial charge is 0.264 e. The van der Waals surface area contributed by atoms with Crippen LogP contribution in [0.5, 0.6) is 0 Å². The summed E-state index contributed by atoms with van der Waals surface area (Å²) in [6.07, 6.45) is 1.71. The van der Waals surface area contributed by atoms with Crippen molar-refractivity contribution in [1.82, 2.24) is 4.98 Å². The molecule has 0 saturated heterocycles. The second-order valence-corrected chi connectivity index (χ2v) is 6.14. The number of thiazole rings is 1. The van der Waals surface area contributed by atoms with E-state index in [2.05, 4.69) is 9.98 Å². The van der Waals surface area contributed by atoms with Crippen molar-refractivity contribution in [3.63, 3.8) is 0 Å². The van der Waals surface area contributed by atoms with Crippen LogP contribution < -0.4 is 4.90 Å². The van der Waals surface area contributed by atoms with Crippen LogP contribution in [0.1, 0.15) is 21.5 Å². The first-order valence-corrected chi connectivity index (χ1v) is 8.11. The van der Waals surface area contributed by atoms with Crippen LogP contribution in [-0.4, -0.2) is 16.7 Å². The molecule has 1 amide bonds. The van der Waals surface area contributed by atoms with Crippen molar-refractivity contribution >= 4 is 33.9 Å². The van der Waals surface area contributed by atoms with Gasteiger partial charge in [0.05, 0.1) is 11.3 Å². The minimum absolute atomic E-state index is 0.0558. The summed E-state index contributed by atoms with van der Waals surface area (Å²) in [7, 11) is 0. The zero-order valence-electron chi connectivity index (χ0n) is 12.4. The molecule has 0 aliphatic carbocycles. The molecular weight excluding hydrogens is 306 g/mol. The molecule has 0 unspecified atom stereocenters. The average molecular weight is 319 g/mol. The number of amidine groups is 1. The molecule has 0 N–H and O–H groups in total. The fourth-order valence-electron chi connectivity index (χ4n) is 2.61. The summed E-state index contributed by atoms with van der Waals surface area (Å²) in [5.41, 5.74) is 3.47. The van der Waals surface area contributed by atoms with Gasteiger partial charge in [0.15, 0.2) is 5.84 Å². The Morgan fingerprint density at radius 3 is 2.48 bits per heavy atom. The number of carbonyl (C=O) groups is 1. The SMILES string of the molecule is Cc1ccc(N2C(=O)c3ccccc3C2=Nc2nccs2)cc1. The third-order valence-electron chi connectivity index (χ3n) is 3.73. The van der Waals surface area contributed by atoms with Crippen molar-refractivity contribution in [2.45, 2.75) is 6.92 Å². The lowest BCUT2D eigenvalue weighted by atomic mass is 10.1. The van der Waals surface area contributed by atoms with Crippen LogP contribution in [-0.2, 0) is 0 Å². The Morgan fingerprint density at radius 2 is 1.78 bits per heavy atom. The molecule has 0 saturated carbocycles. The van der Waals surface area contributed by atoms with E-state index in [1.807, 2.05) is 60.8 Å². The van der Waals surface area contributed by atoms with E-state index in [4.69, 9.17) is 0 Å². The molecule has 23 heavy (non-hydrogen) atoms. The van der Waals surface area contributed by atoms with Crippen molar-refractivity contribution in [3.05, 3.63) is 76.8 Å². The number of aryl methyl sites for hydroxylation is 1. The molecule has 2 aromatic carbocycles. The molecule has 5 heteroatoms. The van der Waals surface area contributed by atoms with Gasteiger partial charge in [-0.25, -0.2) is 9.98 Å². The lowest BCUT2D eigenvalue weighted by Crippen LogP contribution is -2.30. The highest BCUT2D eigenvalue weighted by molar-refractivity contribution is 7.13. The number of aliphatic imine (C=N–C) groups is 1. The number of hydrogen-bond donors (Lipinski definition) is 0. The molecular formula is C18H13N3OS. The van der Waals surface area contributed by atoms with Gasteiger partial charge in [-0.15, -0.1) is 11.3 Å². The third kappa shape index (κ3) is 2.35. The van der Waals surface area contributed by atoms with Crippen LogP contribution >= 0.6 is 11.3 Å². The number of amides is 1. The summed E-state index contributed by atoms with van der Waals surface area (Å²) in [6, 6.07) is 15.4. The lowest BCUT2D eigenvalue weighted by molar-refractivity contribution is 0.101. The summed E-state index contributed by atoms with van der Waals surface area (Å²) in [4.78, 5) is 23.3. The molecule has 0 fully saturated rings. The summed E-state index contributed by atoms with van der Waals surface area (Å²) < 4.78 is 0. The maximum atomic E-state index is 12.8. The Kier molecular flexibility index (Phi) is 3.28. The zero-order chi connectivity index (χ0) is 15.8. The van der Waals surface area contributed by atoms with Crippen LogP contribution in [0.15, 0.2) is 65.1 Å². The number of nitrogens with zero attached hydrogens (tertiary/aromatic N) is 3. The molecule has 4 nitrogen and oxygen atoms in total. The van der Waals surface area contributed by atoms with Gasteiger partial charge in [0.1, 0.15) is 0 Å². The number of hydrogen-bond acceptors (Lipinski definition) is 4. The van der Waals surface area contributed by atoms with E-state index >= 15 is 0 Å². The van der Waals surface area contributed by atoms with Crippen molar-refractivity contribution in [3.8, 4) is 0 Å². The van der Waals surface area contributed by atoms with Crippen LogP contribution in [0.25, 0.3) is 0 Å². The van der Waals surface area contributed by atoms with E-state index in [1.165, 1.54) is 11.3 Å². The average Bonchev–Trinajstić information content (AvgIpc) is 3.17. The highest BCUT2D eigenvalue weighted by atomic mass is 32.1. The fraction of sp³-hybridized carbons (Fsp3) is 0.0556. The molecule has 2 heterocycles. The largest absolute Gasteiger partial charge is 0.268 e. The molecule has 1 aliphatic rings. The first-order valence-electron chi connectivity index (χ1n) is 7.23. The quantitative estimate of drug-likeness (QED) is 0.711. The van der Waals surface area contributed by atoms with E-state index in [1.54, 1.807) is 11.1 Å². The van der Waals surface area contributed by atoms with Gasteiger partial charge in [-0.2, -0.15) is 0 Å². The van der Waals surface area contributed by atoms with Gasteiger partial charge >= 0.3 is 0 Å². The Balaban J connectivity index is 1.90. The van der Waals surface area contributed by atoms with Gasteiger partial charge in [-0.3, -0.25) is 9.69 Å². The van der Waals surface area contributed by atoms with E-state index in [-0.39, 0.29) is 5.91 Å². The minimum atomic E-state index is -0.0558. The number of aromatic nitrogens is 1. The van der Waals surface area contributed by atoms with Gasteiger partial charge in [0.25, 0.3) is 5.91 Å². The number of fused-ring (bicyclic) bond motifs is 1. The van der Waals surface area contributed by atoms with Crippen molar-refractivity contribution in [2.75, 3.05) is 4.90 Å². The van der Waals surface area contributed by atoms with Crippen molar-refractivity contribution < 1.29 is 4.79 Å².